The van der Waals surface area contributed by atoms with Gasteiger partial charge in [-0.1, -0.05) is 30.3 Å². The Kier molecular flexibility index (Phi) is 6.91. The highest BCUT2D eigenvalue weighted by Crippen LogP contribution is 2.36. The summed E-state index contributed by atoms with van der Waals surface area (Å²) in [6.45, 7) is 1.85. The first-order valence-electron chi connectivity index (χ1n) is 8.79. The summed E-state index contributed by atoms with van der Waals surface area (Å²) in [7, 11) is 2.00. The van der Waals surface area contributed by atoms with Crippen LogP contribution in [0.1, 0.15) is 50.0 Å². The van der Waals surface area contributed by atoms with Crippen LogP contribution < -0.4 is 5.32 Å². The molecule has 2 fully saturated rings. The fourth-order valence-electron chi connectivity index (χ4n) is 4.07. The number of likely N-dealkylation sites (N-methyl/N-ethyl adjacent to an activating group) is 1. The number of nitrogens with zero attached hydrogens (tertiary/aromatic N) is 1. The lowest BCUT2D eigenvalue weighted by molar-refractivity contribution is -0.138. The van der Waals surface area contributed by atoms with E-state index in [2.05, 4.69) is 40.5 Å². The second kappa shape index (κ2) is 8.70. The fourth-order valence-corrected chi connectivity index (χ4v) is 4.07. The minimum atomic E-state index is 0. The van der Waals surface area contributed by atoms with Gasteiger partial charge in [0.25, 0.3) is 0 Å². The van der Waals surface area contributed by atoms with E-state index in [1.54, 1.807) is 0 Å². The highest BCUT2D eigenvalue weighted by molar-refractivity contribution is 5.85. The maximum Gasteiger partial charge on any atom is 0.225 e. The third-order valence-corrected chi connectivity index (χ3v) is 5.49. The topological polar surface area (TPSA) is 32.3 Å². The first-order chi connectivity index (χ1) is 10.8. The number of hydrogen-bond donors (Lipinski definition) is 1. The van der Waals surface area contributed by atoms with Crippen LogP contribution in [0.4, 0.5) is 0 Å². The van der Waals surface area contributed by atoms with Crippen molar-refractivity contribution in [1.29, 1.82) is 0 Å². The van der Waals surface area contributed by atoms with Crippen LogP contribution in [-0.2, 0) is 4.79 Å². The van der Waals surface area contributed by atoms with E-state index in [-0.39, 0.29) is 18.3 Å². The van der Waals surface area contributed by atoms with Crippen LogP contribution in [0.2, 0.25) is 0 Å². The molecule has 128 valence electrons. The zero-order valence-electron chi connectivity index (χ0n) is 14.0. The standard InChI is InChI=1S/C19H28N2O.ClH/c1-20-18-8-5-13-21(14-18)19(22)17-11-9-16(10-12-17)15-6-3-2-4-7-15;/h2-4,6-7,16-18,20H,5,8-14H2,1H3;1H. The number of halogens is 1. The molecular formula is C19H29ClN2O. The third-order valence-electron chi connectivity index (χ3n) is 5.49. The maximum atomic E-state index is 12.8. The minimum absolute atomic E-state index is 0. The van der Waals surface area contributed by atoms with Crippen LogP contribution >= 0.6 is 12.4 Å². The number of likely N-dealkylation sites (tertiary alicyclic amines) is 1. The molecule has 23 heavy (non-hydrogen) atoms. The van der Waals surface area contributed by atoms with Gasteiger partial charge in [-0.2, -0.15) is 0 Å². The van der Waals surface area contributed by atoms with Crippen molar-refractivity contribution in [3.05, 3.63) is 35.9 Å². The predicted octanol–water partition coefficient (Wildman–Crippen LogP) is 3.59. The Morgan fingerprint density at radius 1 is 1.09 bits per heavy atom. The smallest absolute Gasteiger partial charge is 0.225 e. The Bertz CT molecular complexity index is 485. The van der Waals surface area contributed by atoms with E-state index in [9.17, 15) is 4.79 Å². The SMILES string of the molecule is CNC1CCCN(C(=O)C2CCC(c3ccccc3)CC2)C1.Cl. The lowest BCUT2D eigenvalue weighted by atomic mass is 9.78. The molecule has 1 aromatic carbocycles. The predicted molar refractivity (Wildman–Crippen MR) is 97.1 cm³/mol. The molecule has 0 bridgehead atoms. The number of hydrogen-bond acceptors (Lipinski definition) is 2. The first-order valence-corrected chi connectivity index (χ1v) is 8.79. The van der Waals surface area contributed by atoms with Crippen molar-refractivity contribution in [3.8, 4) is 0 Å². The van der Waals surface area contributed by atoms with Gasteiger partial charge in [-0.3, -0.25) is 4.79 Å². The summed E-state index contributed by atoms with van der Waals surface area (Å²) in [5.74, 6) is 1.32. The van der Waals surface area contributed by atoms with Crippen LogP contribution in [0.5, 0.6) is 0 Å². The van der Waals surface area contributed by atoms with Crippen molar-refractivity contribution < 1.29 is 4.79 Å². The summed E-state index contributed by atoms with van der Waals surface area (Å²) in [5, 5.41) is 3.33. The molecule has 1 saturated carbocycles. The van der Waals surface area contributed by atoms with E-state index in [4.69, 9.17) is 0 Å². The van der Waals surface area contributed by atoms with Gasteiger partial charge in [0.1, 0.15) is 0 Å². The van der Waals surface area contributed by atoms with Crippen molar-refractivity contribution >= 4 is 18.3 Å². The number of benzene rings is 1. The number of rotatable bonds is 3. The zero-order valence-corrected chi connectivity index (χ0v) is 14.9. The molecule has 1 amide bonds. The summed E-state index contributed by atoms with van der Waals surface area (Å²) < 4.78 is 0. The number of carbonyl (C=O) groups is 1. The molecule has 2 aliphatic rings. The van der Waals surface area contributed by atoms with Gasteiger partial charge in [0.05, 0.1) is 0 Å². The molecule has 1 aromatic rings. The molecular weight excluding hydrogens is 308 g/mol. The first kappa shape index (κ1) is 18.3. The molecule has 1 unspecified atom stereocenters. The van der Waals surface area contributed by atoms with Crippen molar-refractivity contribution in [3.63, 3.8) is 0 Å². The Labute approximate surface area is 146 Å². The van der Waals surface area contributed by atoms with E-state index in [1.165, 1.54) is 12.0 Å². The van der Waals surface area contributed by atoms with Crippen LogP contribution in [-0.4, -0.2) is 37.0 Å². The van der Waals surface area contributed by atoms with Crippen molar-refractivity contribution in [1.82, 2.24) is 10.2 Å². The molecule has 1 N–H and O–H groups in total. The Morgan fingerprint density at radius 2 is 1.78 bits per heavy atom. The molecule has 0 spiro atoms. The summed E-state index contributed by atoms with van der Waals surface area (Å²) in [6.07, 6.45) is 6.75. The molecule has 1 saturated heterocycles. The second-order valence-electron chi connectivity index (χ2n) is 6.87. The quantitative estimate of drug-likeness (QED) is 0.914. The molecule has 0 radical (unpaired) electrons. The Hall–Kier alpha value is -1.06. The van der Waals surface area contributed by atoms with Gasteiger partial charge in [-0.25, -0.2) is 0 Å². The van der Waals surface area contributed by atoms with Gasteiger partial charge in [-0.05, 0) is 57.1 Å². The van der Waals surface area contributed by atoms with Gasteiger partial charge in [0.2, 0.25) is 5.91 Å². The molecule has 3 nitrogen and oxygen atoms in total. The molecule has 0 aromatic heterocycles. The summed E-state index contributed by atoms with van der Waals surface area (Å²) >= 11 is 0. The molecule has 1 heterocycles. The van der Waals surface area contributed by atoms with Gasteiger partial charge >= 0.3 is 0 Å². The summed E-state index contributed by atoms with van der Waals surface area (Å²) in [4.78, 5) is 14.9. The van der Waals surface area contributed by atoms with E-state index in [0.29, 0.717) is 17.9 Å². The molecule has 1 aliphatic carbocycles. The molecule has 4 heteroatoms. The Balaban J connectivity index is 0.00000192. The van der Waals surface area contributed by atoms with E-state index in [0.717, 1.165) is 45.2 Å². The van der Waals surface area contributed by atoms with Crippen molar-refractivity contribution in [2.45, 2.75) is 50.5 Å². The summed E-state index contributed by atoms with van der Waals surface area (Å²) in [5.41, 5.74) is 1.45. The lowest BCUT2D eigenvalue weighted by Crippen LogP contribution is -2.49. The third kappa shape index (κ3) is 4.48. The van der Waals surface area contributed by atoms with E-state index < -0.39 is 0 Å². The number of piperidine rings is 1. The van der Waals surface area contributed by atoms with Crippen LogP contribution in [0.15, 0.2) is 30.3 Å². The summed E-state index contributed by atoms with van der Waals surface area (Å²) in [6, 6.07) is 11.3. The van der Waals surface area contributed by atoms with Crippen molar-refractivity contribution in [2.75, 3.05) is 20.1 Å². The van der Waals surface area contributed by atoms with Crippen LogP contribution in [0.25, 0.3) is 0 Å². The molecule has 1 atom stereocenters. The number of nitrogens with one attached hydrogen (secondary N) is 1. The average molecular weight is 337 g/mol. The average Bonchev–Trinajstić information content (AvgIpc) is 2.62. The number of carbonyl (C=O) groups excluding carboxylic acids is 1. The van der Waals surface area contributed by atoms with Crippen LogP contribution in [0.3, 0.4) is 0 Å². The highest BCUT2D eigenvalue weighted by Gasteiger charge is 2.31. The second-order valence-corrected chi connectivity index (χ2v) is 6.87. The minimum Gasteiger partial charge on any atom is -0.341 e. The Morgan fingerprint density at radius 3 is 2.43 bits per heavy atom. The normalized spacial score (nSPS) is 28.0. The van der Waals surface area contributed by atoms with Gasteiger partial charge in [-0.15, -0.1) is 12.4 Å². The van der Waals surface area contributed by atoms with Gasteiger partial charge in [0, 0.05) is 25.0 Å². The fraction of sp³-hybridized carbons (Fsp3) is 0.632. The van der Waals surface area contributed by atoms with Gasteiger partial charge < -0.3 is 10.2 Å². The van der Waals surface area contributed by atoms with Gasteiger partial charge in [0.15, 0.2) is 0 Å². The van der Waals surface area contributed by atoms with E-state index in [1.807, 2.05) is 7.05 Å². The lowest BCUT2D eigenvalue weighted by Gasteiger charge is -2.37. The van der Waals surface area contributed by atoms with E-state index >= 15 is 0 Å². The monoisotopic (exact) mass is 336 g/mol. The van der Waals surface area contributed by atoms with Crippen molar-refractivity contribution in [2.24, 2.45) is 5.92 Å². The number of amides is 1. The highest BCUT2D eigenvalue weighted by atomic mass is 35.5. The largest absolute Gasteiger partial charge is 0.341 e. The zero-order chi connectivity index (χ0) is 15.4. The van der Waals surface area contributed by atoms with Crippen LogP contribution in [0, 0.1) is 5.92 Å². The molecule has 1 aliphatic heterocycles. The maximum absolute atomic E-state index is 12.8. The molecule has 3 rings (SSSR count).